The van der Waals surface area contributed by atoms with Gasteiger partial charge in [0, 0.05) is 24.2 Å². The van der Waals surface area contributed by atoms with Crippen LogP contribution in [0.4, 0.5) is 0 Å². The highest BCUT2D eigenvalue weighted by Gasteiger charge is 2.33. The molecule has 0 saturated heterocycles. The van der Waals surface area contributed by atoms with Crippen molar-refractivity contribution < 1.29 is 14.7 Å². The molecular formula is C17H15N3O3S. The van der Waals surface area contributed by atoms with Crippen LogP contribution < -0.4 is 0 Å². The molecule has 0 saturated carbocycles. The molecule has 3 heterocycles. The largest absolute Gasteiger partial charge is 0.481 e. The van der Waals surface area contributed by atoms with Gasteiger partial charge in [0.1, 0.15) is 5.69 Å². The number of carbonyl (C=O) groups excluding carboxylic acids is 1. The lowest BCUT2D eigenvalue weighted by Crippen LogP contribution is -2.45. The molecule has 1 aliphatic rings. The Bertz CT molecular complexity index is 930. The molecule has 4 rings (SSSR count). The van der Waals surface area contributed by atoms with Gasteiger partial charge in [0.05, 0.1) is 12.6 Å². The molecule has 7 heteroatoms. The Kier molecular flexibility index (Phi) is 3.57. The summed E-state index contributed by atoms with van der Waals surface area (Å²) in [5.74, 6) is -1.08. The van der Waals surface area contributed by atoms with Crippen molar-refractivity contribution >= 4 is 28.2 Å². The minimum atomic E-state index is -0.897. The highest BCUT2D eigenvalue weighted by atomic mass is 32.1. The predicted octanol–water partition coefficient (Wildman–Crippen LogP) is 2.44. The number of hydrogen-bond donors (Lipinski definition) is 1. The van der Waals surface area contributed by atoms with Crippen molar-refractivity contribution in [1.29, 1.82) is 0 Å². The van der Waals surface area contributed by atoms with Crippen molar-refractivity contribution in [3.8, 4) is 0 Å². The van der Waals surface area contributed by atoms with E-state index < -0.39 is 5.97 Å². The zero-order valence-corrected chi connectivity index (χ0v) is 13.6. The summed E-state index contributed by atoms with van der Waals surface area (Å²) in [6.07, 6.45) is 3.86. The van der Waals surface area contributed by atoms with Crippen LogP contribution in [0.5, 0.6) is 0 Å². The van der Waals surface area contributed by atoms with Gasteiger partial charge in [-0.25, -0.2) is 4.98 Å². The van der Waals surface area contributed by atoms with E-state index in [2.05, 4.69) is 4.98 Å². The van der Waals surface area contributed by atoms with Gasteiger partial charge in [-0.3, -0.25) is 14.0 Å². The summed E-state index contributed by atoms with van der Waals surface area (Å²) in [5, 5.41) is 11.1. The summed E-state index contributed by atoms with van der Waals surface area (Å²) in [6, 6.07) is 7.52. The van der Waals surface area contributed by atoms with Gasteiger partial charge in [0.15, 0.2) is 4.96 Å². The lowest BCUT2D eigenvalue weighted by atomic mass is 9.92. The fourth-order valence-electron chi connectivity index (χ4n) is 3.24. The molecule has 1 aromatic carbocycles. The van der Waals surface area contributed by atoms with Crippen molar-refractivity contribution in [2.75, 3.05) is 0 Å². The fourth-order valence-corrected chi connectivity index (χ4v) is 3.93. The molecule has 1 atom stereocenters. The highest BCUT2D eigenvalue weighted by molar-refractivity contribution is 7.15. The first-order chi connectivity index (χ1) is 11.6. The Morgan fingerprint density at radius 1 is 1.29 bits per heavy atom. The van der Waals surface area contributed by atoms with Crippen LogP contribution in [-0.2, 0) is 17.8 Å². The lowest BCUT2D eigenvalue weighted by Gasteiger charge is -2.36. The fraction of sp³-hybridized carbons (Fsp3) is 0.235. The average molecular weight is 341 g/mol. The summed E-state index contributed by atoms with van der Waals surface area (Å²) in [6.45, 7) is 0.421. The third kappa shape index (κ3) is 2.46. The first-order valence-corrected chi connectivity index (χ1v) is 8.51. The normalized spacial score (nSPS) is 17.0. The lowest BCUT2D eigenvalue weighted by molar-refractivity contribution is -0.138. The number of aliphatic carboxylic acids is 1. The van der Waals surface area contributed by atoms with Gasteiger partial charge in [0.2, 0.25) is 0 Å². The van der Waals surface area contributed by atoms with Gasteiger partial charge in [-0.05, 0) is 17.5 Å². The number of nitrogens with zero attached hydrogens (tertiary/aromatic N) is 3. The number of aromatic nitrogens is 2. The van der Waals surface area contributed by atoms with Crippen LogP contribution in [0.15, 0.2) is 42.0 Å². The van der Waals surface area contributed by atoms with Crippen LogP contribution in [-0.4, -0.2) is 37.3 Å². The van der Waals surface area contributed by atoms with E-state index in [1.54, 1.807) is 15.5 Å². The van der Waals surface area contributed by atoms with Crippen LogP contribution in [0, 0.1) is 0 Å². The van der Waals surface area contributed by atoms with E-state index in [-0.39, 0.29) is 18.4 Å². The molecule has 2 aromatic heterocycles. The monoisotopic (exact) mass is 341 g/mol. The first-order valence-electron chi connectivity index (χ1n) is 7.63. The van der Waals surface area contributed by atoms with Gasteiger partial charge in [-0.15, -0.1) is 11.3 Å². The maximum Gasteiger partial charge on any atom is 0.305 e. The summed E-state index contributed by atoms with van der Waals surface area (Å²) in [5.41, 5.74) is 2.65. The molecule has 1 N–H and O–H groups in total. The molecule has 24 heavy (non-hydrogen) atoms. The number of imidazole rings is 1. The van der Waals surface area contributed by atoms with E-state index in [1.165, 1.54) is 11.3 Å². The summed E-state index contributed by atoms with van der Waals surface area (Å²) in [4.78, 5) is 31.0. The Morgan fingerprint density at radius 3 is 2.88 bits per heavy atom. The van der Waals surface area contributed by atoms with Crippen LogP contribution in [0.2, 0.25) is 0 Å². The standard InChI is InChI=1S/C17H15N3O3S/c21-15(22)8-13-7-11-3-1-2-4-12(11)10-20(13)16(23)14-9-18-17-19(14)5-6-24-17/h1-6,9,13H,7-8,10H2,(H,21,22)/t13-/m0/s1. The summed E-state index contributed by atoms with van der Waals surface area (Å²) >= 11 is 1.46. The Labute approximate surface area is 142 Å². The van der Waals surface area contributed by atoms with Gasteiger partial charge < -0.3 is 10.0 Å². The molecule has 0 fully saturated rings. The van der Waals surface area contributed by atoms with Crippen molar-refractivity contribution in [1.82, 2.24) is 14.3 Å². The van der Waals surface area contributed by atoms with Crippen LogP contribution in [0.25, 0.3) is 4.96 Å². The number of carboxylic acid groups (broad SMARTS) is 1. The first kappa shape index (κ1) is 14.9. The Hall–Kier alpha value is -2.67. The second kappa shape index (κ2) is 5.76. The minimum absolute atomic E-state index is 0.0638. The molecule has 0 spiro atoms. The Morgan fingerprint density at radius 2 is 2.08 bits per heavy atom. The van der Waals surface area contributed by atoms with Crippen molar-refractivity contribution in [3.05, 3.63) is 58.9 Å². The average Bonchev–Trinajstić information content (AvgIpc) is 3.16. The minimum Gasteiger partial charge on any atom is -0.481 e. The Balaban J connectivity index is 1.72. The molecular weight excluding hydrogens is 326 g/mol. The third-order valence-corrected chi connectivity index (χ3v) is 5.16. The van der Waals surface area contributed by atoms with Crippen LogP contribution in [0.3, 0.4) is 0 Å². The van der Waals surface area contributed by atoms with E-state index in [9.17, 15) is 14.7 Å². The number of hydrogen-bond acceptors (Lipinski definition) is 4. The number of fused-ring (bicyclic) bond motifs is 2. The van der Waals surface area contributed by atoms with Crippen molar-refractivity contribution in [2.24, 2.45) is 0 Å². The van der Waals surface area contributed by atoms with E-state index in [4.69, 9.17) is 0 Å². The highest BCUT2D eigenvalue weighted by Crippen LogP contribution is 2.27. The zero-order valence-electron chi connectivity index (χ0n) is 12.8. The molecule has 0 aliphatic carbocycles. The van der Waals surface area contributed by atoms with Crippen molar-refractivity contribution in [3.63, 3.8) is 0 Å². The number of carboxylic acids is 1. The second-order valence-corrected chi connectivity index (χ2v) is 6.73. The third-order valence-electron chi connectivity index (χ3n) is 4.39. The number of amides is 1. The molecule has 0 unspecified atom stereocenters. The van der Waals surface area contributed by atoms with Crippen LogP contribution >= 0.6 is 11.3 Å². The van der Waals surface area contributed by atoms with E-state index >= 15 is 0 Å². The van der Waals surface area contributed by atoms with Gasteiger partial charge in [-0.1, -0.05) is 24.3 Å². The van der Waals surface area contributed by atoms with Crippen molar-refractivity contribution in [2.45, 2.75) is 25.4 Å². The maximum atomic E-state index is 13.1. The molecule has 0 bridgehead atoms. The quantitative estimate of drug-likeness (QED) is 0.794. The molecule has 6 nitrogen and oxygen atoms in total. The summed E-state index contributed by atoms with van der Waals surface area (Å²) < 4.78 is 1.76. The van der Waals surface area contributed by atoms with Crippen LogP contribution in [0.1, 0.15) is 28.0 Å². The molecule has 3 aromatic rings. The number of thiazole rings is 1. The maximum absolute atomic E-state index is 13.1. The van der Waals surface area contributed by atoms with E-state index in [0.717, 1.165) is 16.1 Å². The molecule has 122 valence electrons. The van der Waals surface area contributed by atoms with Gasteiger partial charge in [0.25, 0.3) is 5.91 Å². The van der Waals surface area contributed by atoms with Gasteiger partial charge >= 0.3 is 5.97 Å². The SMILES string of the molecule is O=C(O)C[C@@H]1Cc2ccccc2CN1C(=O)c1cnc2sccn12. The second-order valence-electron chi connectivity index (χ2n) is 5.86. The zero-order chi connectivity index (χ0) is 16.7. The topological polar surface area (TPSA) is 74.9 Å². The molecule has 1 amide bonds. The number of carbonyl (C=O) groups is 2. The van der Waals surface area contributed by atoms with Gasteiger partial charge in [-0.2, -0.15) is 0 Å². The summed E-state index contributed by atoms with van der Waals surface area (Å²) in [7, 11) is 0. The van der Waals surface area contributed by atoms with E-state index in [0.29, 0.717) is 18.7 Å². The number of benzene rings is 1. The van der Waals surface area contributed by atoms with E-state index in [1.807, 2.05) is 35.8 Å². The molecule has 0 radical (unpaired) electrons. The smallest absolute Gasteiger partial charge is 0.305 e. The predicted molar refractivity (Wildman–Crippen MR) is 89.1 cm³/mol. The molecule has 1 aliphatic heterocycles. The number of rotatable bonds is 3.